The van der Waals surface area contributed by atoms with E-state index in [9.17, 15) is 4.79 Å². The molecule has 3 nitrogen and oxygen atoms in total. The van der Waals surface area contributed by atoms with E-state index >= 15 is 0 Å². The molecule has 0 fully saturated rings. The van der Waals surface area contributed by atoms with Crippen molar-refractivity contribution in [1.82, 2.24) is 0 Å². The summed E-state index contributed by atoms with van der Waals surface area (Å²) in [5, 5.41) is 8.80. The van der Waals surface area contributed by atoms with E-state index in [4.69, 9.17) is 5.11 Å². The molecule has 0 saturated heterocycles. The molecular weight excluding hydrogens is 190 g/mol. The van der Waals surface area contributed by atoms with Crippen LogP contribution in [0.4, 0.5) is 5.69 Å². The van der Waals surface area contributed by atoms with Crippen molar-refractivity contribution in [2.45, 2.75) is 20.3 Å². The number of carbonyl (C=O) groups is 1. The second-order valence-electron chi connectivity index (χ2n) is 3.39. The topological polar surface area (TPSA) is 40.5 Å². The fraction of sp³-hybridized carbons (Fsp3) is 0.417. The number of anilines is 1. The van der Waals surface area contributed by atoms with Crippen LogP contribution in [0.25, 0.3) is 0 Å². The zero-order valence-electron chi connectivity index (χ0n) is 9.23. The molecule has 0 saturated carbocycles. The zero-order valence-corrected chi connectivity index (χ0v) is 9.23. The summed E-state index contributed by atoms with van der Waals surface area (Å²) in [5.41, 5.74) is 2.23. The van der Waals surface area contributed by atoms with E-state index in [1.807, 2.05) is 36.1 Å². The Balaban J connectivity index is 2.95. The molecule has 0 aliphatic heterocycles. The first-order chi connectivity index (χ1) is 7.19. The molecule has 0 aliphatic rings. The highest BCUT2D eigenvalue weighted by molar-refractivity contribution is 5.74. The summed E-state index contributed by atoms with van der Waals surface area (Å²) in [7, 11) is 0. The van der Waals surface area contributed by atoms with Crippen molar-refractivity contribution in [2.24, 2.45) is 0 Å². The summed E-state index contributed by atoms with van der Waals surface area (Å²) >= 11 is 0. The van der Waals surface area contributed by atoms with Crippen molar-refractivity contribution in [3.63, 3.8) is 0 Å². The third-order valence-electron chi connectivity index (χ3n) is 2.42. The molecular formula is C12H17NO2. The Morgan fingerprint density at radius 3 is 2.53 bits per heavy atom. The minimum atomic E-state index is -0.789. The fourth-order valence-electron chi connectivity index (χ4n) is 1.65. The molecule has 15 heavy (non-hydrogen) atoms. The molecule has 1 N–H and O–H groups in total. The normalized spacial score (nSPS) is 10.0. The quantitative estimate of drug-likeness (QED) is 0.804. The first-order valence-electron chi connectivity index (χ1n) is 5.23. The van der Waals surface area contributed by atoms with Crippen molar-refractivity contribution in [3.8, 4) is 0 Å². The van der Waals surface area contributed by atoms with Crippen molar-refractivity contribution in [3.05, 3.63) is 29.8 Å². The van der Waals surface area contributed by atoms with Gasteiger partial charge in [0, 0.05) is 12.2 Å². The van der Waals surface area contributed by atoms with E-state index in [2.05, 4.69) is 6.92 Å². The van der Waals surface area contributed by atoms with Crippen LogP contribution in [0, 0.1) is 0 Å². The van der Waals surface area contributed by atoms with Gasteiger partial charge in [0.15, 0.2) is 0 Å². The largest absolute Gasteiger partial charge is 0.480 e. The molecule has 0 heterocycles. The van der Waals surface area contributed by atoms with Gasteiger partial charge < -0.3 is 10.0 Å². The first kappa shape index (κ1) is 11.6. The van der Waals surface area contributed by atoms with Crippen molar-refractivity contribution in [2.75, 3.05) is 18.0 Å². The minimum Gasteiger partial charge on any atom is -0.480 e. The van der Waals surface area contributed by atoms with Gasteiger partial charge >= 0.3 is 5.97 Å². The van der Waals surface area contributed by atoms with E-state index in [1.165, 1.54) is 5.56 Å². The second kappa shape index (κ2) is 5.39. The lowest BCUT2D eigenvalue weighted by Crippen LogP contribution is -2.30. The van der Waals surface area contributed by atoms with Gasteiger partial charge in [-0.3, -0.25) is 4.79 Å². The van der Waals surface area contributed by atoms with Crippen LogP contribution in [0.2, 0.25) is 0 Å². The third-order valence-corrected chi connectivity index (χ3v) is 2.42. The fourth-order valence-corrected chi connectivity index (χ4v) is 1.65. The first-order valence-corrected chi connectivity index (χ1v) is 5.23. The smallest absolute Gasteiger partial charge is 0.323 e. The summed E-state index contributed by atoms with van der Waals surface area (Å²) in [6.45, 7) is 4.82. The summed E-state index contributed by atoms with van der Waals surface area (Å²) in [4.78, 5) is 12.6. The Labute approximate surface area is 90.3 Å². The van der Waals surface area contributed by atoms with Gasteiger partial charge in [0.2, 0.25) is 0 Å². The number of rotatable bonds is 5. The van der Waals surface area contributed by atoms with E-state index < -0.39 is 5.97 Å². The highest BCUT2D eigenvalue weighted by Crippen LogP contribution is 2.20. The van der Waals surface area contributed by atoms with Gasteiger partial charge in [-0.05, 0) is 25.0 Å². The van der Waals surface area contributed by atoms with Crippen LogP contribution in [-0.4, -0.2) is 24.2 Å². The zero-order chi connectivity index (χ0) is 11.3. The number of hydrogen-bond donors (Lipinski definition) is 1. The molecule has 0 spiro atoms. The lowest BCUT2D eigenvalue weighted by molar-refractivity contribution is -0.135. The van der Waals surface area contributed by atoms with E-state index in [0.717, 1.165) is 12.1 Å². The number of aliphatic carboxylic acids is 1. The Hall–Kier alpha value is -1.51. The third kappa shape index (κ3) is 2.98. The maximum Gasteiger partial charge on any atom is 0.323 e. The molecule has 0 amide bonds. The minimum absolute atomic E-state index is 0.0630. The Bertz CT molecular complexity index is 336. The van der Waals surface area contributed by atoms with Crippen LogP contribution < -0.4 is 4.90 Å². The average Bonchev–Trinajstić information content (AvgIpc) is 2.25. The van der Waals surface area contributed by atoms with Gasteiger partial charge in [-0.2, -0.15) is 0 Å². The summed E-state index contributed by atoms with van der Waals surface area (Å²) < 4.78 is 0. The molecule has 0 bridgehead atoms. The number of nitrogens with zero attached hydrogens (tertiary/aromatic N) is 1. The second-order valence-corrected chi connectivity index (χ2v) is 3.39. The molecule has 3 heteroatoms. The van der Waals surface area contributed by atoms with E-state index in [0.29, 0.717) is 6.54 Å². The molecule has 0 aromatic heterocycles. The van der Waals surface area contributed by atoms with Crippen molar-refractivity contribution in [1.29, 1.82) is 0 Å². The van der Waals surface area contributed by atoms with Crippen molar-refractivity contribution >= 4 is 11.7 Å². The molecule has 0 aliphatic carbocycles. The Morgan fingerprint density at radius 1 is 1.33 bits per heavy atom. The maximum absolute atomic E-state index is 10.7. The number of carboxylic acid groups (broad SMARTS) is 1. The number of benzene rings is 1. The van der Waals surface area contributed by atoms with Crippen molar-refractivity contribution < 1.29 is 9.90 Å². The van der Waals surface area contributed by atoms with E-state index in [-0.39, 0.29) is 6.54 Å². The van der Waals surface area contributed by atoms with Crippen LogP contribution in [-0.2, 0) is 11.2 Å². The predicted molar refractivity (Wildman–Crippen MR) is 61.3 cm³/mol. The van der Waals surface area contributed by atoms with Gasteiger partial charge in [0.25, 0.3) is 0 Å². The van der Waals surface area contributed by atoms with Crippen LogP contribution in [0.3, 0.4) is 0 Å². The molecule has 1 aromatic rings. The number of hydrogen-bond acceptors (Lipinski definition) is 2. The molecule has 0 atom stereocenters. The van der Waals surface area contributed by atoms with E-state index in [1.54, 1.807) is 0 Å². The predicted octanol–water partition coefficient (Wildman–Crippen LogP) is 2.16. The number of carboxylic acids is 1. The highest BCUT2D eigenvalue weighted by Gasteiger charge is 2.10. The summed E-state index contributed by atoms with van der Waals surface area (Å²) in [6, 6.07) is 7.95. The number of likely N-dealkylation sites (N-methyl/N-ethyl adjacent to an activating group) is 1. The lowest BCUT2D eigenvalue weighted by atomic mass is 10.1. The number of aryl methyl sites for hydroxylation is 1. The van der Waals surface area contributed by atoms with Gasteiger partial charge in [-0.1, -0.05) is 25.1 Å². The monoisotopic (exact) mass is 207 g/mol. The maximum atomic E-state index is 10.7. The molecule has 82 valence electrons. The van der Waals surface area contributed by atoms with Crippen LogP contribution in [0.1, 0.15) is 19.4 Å². The molecule has 0 radical (unpaired) electrons. The summed E-state index contributed by atoms with van der Waals surface area (Å²) in [6.07, 6.45) is 0.923. The highest BCUT2D eigenvalue weighted by atomic mass is 16.4. The van der Waals surface area contributed by atoms with Gasteiger partial charge in [-0.15, -0.1) is 0 Å². The van der Waals surface area contributed by atoms with Gasteiger partial charge in [0.05, 0.1) is 0 Å². The van der Waals surface area contributed by atoms with Crippen LogP contribution in [0.5, 0.6) is 0 Å². The summed E-state index contributed by atoms with van der Waals surface area (Å²) in [5.74, 6) is -0.789. The molecule has 0 unspecified atom stereocenters. The SMILES string of the molecule is CCc1ccccc1N(CC)CC(=O)O. The molecule has 1 aromatic carbocycles. The number of para-hydroxylation sites is 1. The Kier molecular flexibility index (Phi) is 4.16. The van der Waals surface area contributed by atoms with Gasteiger partial charge in [-0.25, -0.2) is 0 Å². The van der Waals surface area contributed by atoms with Crippen LogP contribution in [0.15, 0.2) is 24.3 Å². The Morgan fingerprint density at radius 2 is 2.00 bits per heavy atom. The standard InChI is InChI=1S/C12H17NO2/c1-3-10-7-5-6-8-11(10)13(4-2)9-12(14)15/h5-8H,3-4,9H2,1-2H3,(H,14,15). The molecule has 1 rings (SSSR count). The lowest BCUT2D eigenvalue weighted by Gasteiger charge is -2.23. The van der Waals surface area contributed by atoms with Gasteiger partial charge in [0.1, 0.15) is 6.54 Å². The van der Waals surface area contributed by atoms with Crippen LogP contribution >= 0.6 is 0 Å². The average molecular weight is 207 g/mol.